The molecule has 37 heavy (non-hydrogen) atoms. The normalized spacial score (nSPS) is 11.6. The van der Waals surface area contributed by atoms with Crippen molar-refractivity contribution in [3.05, 3.63) is 81.4 Å². The fourth-order valence-electron chi connectivity index (χ4n) is 2.85. The van der Waals surface area contributed by atoms with Crippen LogP contribution in [0.5, 0.6) is 11.5 Å². The van der Waals surface area contributed by atoms with E-state index in [0.717, 1.165) is 42.6 Å². The summed E-state index contributed by atoms with van der Waals surface area (Å²) in [4.78, 5) is 9.82. The smallest absolute Gasteiger partial charge is 0.387 e. The number of sulfonamides is 1. The molecule has 0 bridgehead atoms. The van der Waals surface area contributed by atoms with Gasteiger partial charge in [0.05, 0.1) is 27.5 Å². The molecule has 0 radical (unpaired) electrons. The highest BCUT2D eigenvalue weighted by Crippen LogP contribution is 2.31. The number of nitrogens with one attached hydrogen (secondary N) is 2. The molecule has 0 heterocycles. The number of non-ortho nitro benzene ring substituents is 1. The maximum Gasteiger partial charge on any atom is 0.387 e. The Balaban J connectivity index is 1.94. The summed E-state index contributed by atoms with van der Waals surface area (Å²) in [5.41, 5.74) is 1.48. The van der Waals surface area contributed by atoms with Gasteiger partial charge in [-0.15, -0.1) is 0 Å². The Labute approximate surface area is 211 Å². The molecule has 0 saturated heterocycles. The third kappa shape index (κ3) is 7.44. The van der Waals surface area contributed by atoms with Gasteiger partial charge in [-0.3, -0.25) is 20.3 Å². The van der Waals surface area contributed by atoms with Crippen molar-refractivity contribution in [3.63, 3.8) is 0 Å². The van der Waals surface area contributed by atoms with Crippen molar-refractivity contribution in [2.24, 2.45) is 5.10 Å². The van der Waals surface area contributed by atoms with E-state index >= 15 is 0 Å². The van der Waals surface area contributed by atoms with Crippen LogP contribution in [0.1, 0.15) is 5.56 Å². The lowest BCUT2D eigenvalue weighted by atomic mass is 10.2. The van der Waals surface area contributed by atoms with Crippen LogP contribution in [0, 0.1) is 10.1 Å². The minimum atomic E-state index is -4.45. The molecule has 0 aliphatic rings. The van der Waals surface area contributed by atoms with E-state index in [1.165, 1.54) is 18.2 Å². The number of hydrogen-bond donors (Lipinski definition) is 2. The predicted octanol–water partition coefficient (Wildman–Crippen LogP) is 5.70. The lowest BCUT2D eigenvalue weighted by Crippen LogP contribution is -2.15. The fraction of sp³-hybridized carbons (Fsp3) is 0.0952. The highest BCUT2D eigenvalue weighted by Gasteiger charge is 2.23. The van der Waals surface area contributed by atoms with Crippen LogP contribution < -0.4 is 19.6 Å². The minimum absolute atomic E-state index is 0.00465. The van der Waals surface area contributed by atoms with Crippen molar-refractivity contribution in [1.82, 2.24) is 0 Å². The van der Waals surface area contributed by atoms with Crippen LogP contribution in [0.15, 0.2) is 70.7 Å². The third-order valence-corrected chi connectivity index (χ3v) is 6.13. The van der Waals surface area contributed by atoms with Gasteiger partial charge in [0.2, 0.25) is 0 Å². The summed E-state index contributed by atoms with van der Waals surface area (Å²) < 4.78 is 87.1. The van der Waals surface area contributed by atoms with Crippen molar-refractivity contribution in [3.8, 4) is 11.5 Å². The summed E-state index contributed by atoms with van der Waals surface area (Å²) in [6.45, 7) is -6.51. The van der Waals surface area contributed by atoms with Gasteiger partial charge in [0.15, 0.2) is 0 Å². The van der Waals surface area contributed by atoms with E-state index in [4.69, 9.17) is 11.6 Å². The number of halogens is 5. The summed E-state index contributed by atoms with van der Waals surface area (Å²) in [6.07, 6.45) is 0.934. The van der Waals surface area contributed by atoms with Crippen LogP contribution >= 0.6 is 11.6 Å². The van der Waals surface area contributed by atoms with E-state index in [1.807, 2.05) is 0 Å². The van der Waals surface area contributed by atoms with Gasteiger partial charge in [-0.05, 0) is 30.3 Å². The minimum Gasteiger partial charge on any atom is -0.435 e. The Morgan fingerprint density at radius 3 is 2.32 bits per heavy atom. The second-order valence-electron chi connectivity index (χ2n) is 6.85. The molecule has 196 valence electrons. The lowest BCUT2D eigenvalue weighted by molar-refractivity contribution is -0.385. The fourth-order valence-corrected chi connectivity index (χ4v) is 4.35. The summed E-state index contributed by atoms with van der Waals surface area (Å²) in [6, 6.07) is 11.6. The molecule has 0 aromatic heterocycles. The maximum atomic E-state index is 13.0. The number of nitro benzene ring substituents is 1. The first kappa shape index (κ1) is 27.5. The van der Waals surface area contributed by atoms with E-state index in [0.29, 0.717) is 0 Å². The van der Waals surface area contributed by atoms with Crippen LogP contribution in [0.25, 0.3) is 0 Å². The van der Waals surface area contributed by atoms with E-state index in [-0.39, 0.29) is 22.0 Å². The zero-order chi connectivity index (χ0) is 27.2. The number of hydrogen-bond acceptors (Lipinski definition) is 8. The molecular formula is C21H15ClF4N4O6S. The Kier molecular flexibility index (Phi) is 8.73. The second-order valence-corrected chi connectivity index (χ2v) is 8.91. The average molecular weight is 563 g/mol. The van der Waals surface area contributed by atoms with Crippen LogP contribution in [-0.2, 0) is 10.0 Å². The highest BCUT2D eigenvalue weighted by molar-refractivity contribution is 7.93. The van der Waals surface area contributed by atoms with E-state index in [1.54, 1.807) is 6.07 Å². The monoisotopic (exact) mass is 562 g/mol. The number of nitrogens with zero attached hydrogens (tertiary/aromatic N) is 2. The van der Waals surface area contributed by atoms with Gasteiger partial charge in [-0.1, -0.05) is 23.7 Å². The summed E-state index contributed by atoms with van der Waals surface area (Å²) >= 11 is 5.99. The molecule has 0 saturated carbocycles. The molecule has 3 aromatic rings. The number of hydrazone groups is 1. The standard InChI is InChI=1S/C21H15ClF4N4O6S/c22-15-3-1-2-4-16(15)29-37(33,34)19-9-13(30(31)32)6-8-17(19)28-27-11-12-5-7-14(35-20(23)24)10-18(12)36-21(25)26/h1-11,20-21,28-29H/b27-11-. The molecule has 3 rings (SSSR count). The Morgan fingerprint density at radius 2 is 1.68 bits per heavy atom. The van der Waals surface area contributed by atoms with Gasteiger partial charge in [0, 0.05) is 23.8 Å². The van der Waals surface area contributed by atoms with Crippen molar-refractivity contribution in [2.75, 3.05) is 10.1 Å². The van der Waals surface area contributed by atoms with Crippen molar-refractivity contribution in [1.29, 1.82) is 0 Å². The van der Waals surface area contributed by atoms with E-state index in [2.05, 4.69) is 24.7 Å². The molecule has 0 atom stereocenters. The summed E-state index contributed by atoms with van der Waals surface area (Å²) in [5, 5.41) is 15.0. The van der Waals surface area contributed by atoms with Crippen LogP contribution in [0.2, 0.25) is 5.02 Å². The number of nitro groups is 1. The second kappa shape index (κ2) is 11.7. The molecule has 0 fully saturated rings. The zero-order valence-corrected chi connectivity index (χ0v) is 19.7. The van der Waals surface area contributed by atoms with Gasteiger partial charge in [0.1, 0.15) is 16.4 Å². The summed E-state index contributed by atoms with van der Waals surface area (Å²) in [7, 11) is -4.45. The molecule has 3 aromatic carbocycles. The van der Waals surface area contributed by atoms with Crippen molar-refractivity contribution >= 4 is 44.9 Å². The molecule has 0 spiro atoms. The van der Waals surface area contributed by atoms with Crippen molar-refractivity contribution in [2.45, 2.75) is 18.1 Å². The Hall–Kier alpha value is -4.11. The molecule has 16 heteroatoms. The molecule has 0 aliphatic carbocycles. The summed E-state index contributed by atoms with van der Waals surface area (Å²) in [5.74, 6) is -1.01. The van der Waals surface area contributed by atoms with Gasteiger partial charge in [0.25, 0.3) is 15.7 Å². The lowest BCUT2D eigenvalue weighted by Gasteiger charge is -2.13. The quantitative estimate of drug-likeness (QED) is 0.133. The predicted molar refractivity (Wildman–Crippen MR) is 126 cm³/mol. The average Bonchev–Trinajstić information content (AvgIpc) is 2.81. The Morgan fingerprint density at radius 1 is 0.973 bits per heavy atom. The highest BCUT2D eigenvalue weighted by atomic mass is 35.5. The Bertz CT molecular complexity index is 1430. The molecule has 0 aliphatic heterocycles. The van der Waals surface area contributed by atoms with E-state index in [9.17, 15) is 36.1 Å². The molecule has 0 amide bonds. The van der Waals surface area contributed by atoms with Gasteiger partial charge in [-0.2, -0.15) is 22.7 Å². The largest absolute Gasteiger partial charge is 0.435 e. The number of ether oxygens (including phenoxy) is 2. The maximum absolute atomic E-state index is 13.0. The number of rotatable bonds is 11. The SMILES string of the molecule is O=[N+]([O-])c1ccc(N/N=C\c2ccc(OC(F)F)cc2OC(F)F)c(S(=O)(=O)Nc2ccccc2Cl)c1. The number of alkyl halides is 4. The first-order chi connectivity index (χ1) is 17.5. The zero-order valence-electron chi connectivity index (χ0n) is 18.1. The van der Waals surface area contributed by atoms with Crippen LogP contribution in [0.4, 0.5) is 34.6 Å². The molecule has 10 nitrogen and oxygen atoms in total. The number of para-hydroxylation sites is 1. The third-order valence-electron chi connectivity index (χ3n) is 4.40. The number of anilines is 2. The van der Waals surface area contributed by atoms with Crippen molar-refractivity contribution < 1.29 is 40.4 Å². The number of benzene rings is 3. The van der Waals surface area contributed by atoms with Crippen LogP contribution in [0.3, 0.4) is 0 Å². The molecule has 2 N–H and O–H groups in total. The molecular weight excluding hydrogens is 548 g/mol. The van der Waals surface area contributed by atoms with Gasteiger partial charge < -0.3 is 9.47 Å². The first-order valence-corrected chi connectivity index (χ1v) is 11.7. The van der Waals surface area contributed by atoms with Gasteiger partial charge in [-0.25, -0.2) is 8.42 Å². The van der Waals surface area contributed by atoms with Gasteiger partial charge >= 0.3 is 13.2 Å². The van der Waals surface area contributed by atoms with E-state index < -0.39 is 50.3 Å². The van der Waals surface area contributed by atoms with Crippen LogP contribution in [-0.4, -0.2) is 32.8 Å². The molecule has 0 unspecified atom stereocenters. The topological polar surface area (TPSA) is 132 Å². The first-order valence-electron chi connectivity index (χ1n) is 9.85.